The molecule has 1 heterocycles. The predicted octanol–water partition coefficient (Wildman–Crippen LogP) is 3.36. The molecule has 0 atom stereocenters. The van der Waals surface area contributed by atoms with Gasteiger partial charge in [0, 0.05) is 17.7 Å². The molecule has 0 aliphatic heterocycles. The number of aryl methyl sites for hydroxylation is 4. The molecule has 0 saturated heterocycles. The van der Waals surface area contributed by atoms with E-state index in [0.717, 1.165) is 6.42 Å². The van der Waals surface area contributed by atoms with Crippen molar-refractivity contribution in [2.75, 3.05) is 0 Å². The van der Waals surface area contributed by atoms with Gasteiger partial charge in [-0.1, -0.05) is 24.6 Å². The van der Waals surface area contributed by atoms with Crippen molar-refractivity contribution in [3.8, 4) is 11.3 Å². The van der Waals surface area contributed by atoms with E-state index in [4.69, 9.17) is 0 Å². The highest BCUT2D eigenvalue weighted by atomic mass is 14.9. The van der Waals surface area contributed by atoms with E-state index < -0.39 is 0 Å². The van der Waals surface area contributed by atoms with Gasteiger partial charge in [-0.2, -0.15) is 0 Å². The SMILES string of the molecule is CCc1ccc(C)cc1-c1cc(C)cc[n+]1C. The summed E-state index contributed by atoms with van der Waals surface area (Å²) in [5, 5.41) is 0. The van der Waals surface area contributed by atoms with Gasteiger partial charge in [0.1, 0.15) is 7.05 Å². The molecule has 1 nitrogen and oxygen atoms in total. The summed E-state index contributed by atoms with van der Waals surface area (Å²) < 4.78 is 2.20. The van der Waals surface area contributed by atoms with Gasteiger partial charge in [0.2, 0.25) is 5.69 Å². The first-order valence-corrected chi connectivity index (χ1v) is 6.18. The minimum Gasteiger partial charge on any atom is -0.201 e. The molecule has 0 saturated carbocycles. The van der Waals surface area contributed by atoms with Crippen LogP contribution in [0.1, 0.15) is 23.6 Å². The summed E-state index contributed by atoms with van der Waals surface area (Å²) in [5.41, 5.74) is 6.70. The van der Waals surface area contributed by atoms with Gasteiger partial charge >= 0.3 is 0 Å². The molecule has 0 amide bonds. The van der Waals surface area contributed by atoms with Gasteiger partial charge in [-0.3, -0.25) is 0 Å². The molecule has 0 aliphatic carbocycles. The van der Waals surface area contributed by atoms with Crippen molar-refractivity contribution >= 4 is 0 Å². The van der Waals surface area contributed by atoms with Gasteiger partial charge in [0.25, 0.3) is 0 Å². The van der Waals surface area contributed by atoms with Crippen molar-refractivity contribution in [3.63, 3.8) is 0 Å². The van der Waals surface area contributed by atoms with Crippen LogP contribution in [0.25, 0.3) is 11.3 Å². The minimum atomic E-state index is 1.07. The second-order valence-electron chi connectivity index (χ2n) is 4.71. The maximum absolute atomic E-state index is 2.29. The number of aromatic nitrogens is 1. The standard InChI is InChI=1S/C16H20N/c1-5-14-7-6-12(2)10-15(14)16-11-13(3)8-9-17(16)4/h6-11H,5H2,1-4H3/q+1. The molecule has 88 valence electrons. The molecule has 1 heteroatoms. The number of nitrogens with zero attached hydrogens (tertiary/aromatic N) is 1. The Morgan fingerprint density at radius 1 is 1.00 bits per heavy atom. The summed E-state index contributed by atoms with van der Waals surface area (Å²) in [6.07, 6.45) is 3.20. The number of hydrogen-bond donors (Lipinski definition) is 0. The van der Waals surface area contributed by atoms with E-state index >= 15 is 0 Å². The Bertz CT molecular complexity index is 541. The number of hydrogen-bond acceptors (Lipinski definition) is 0. The maximum Gasteiger partial charge on any atom is 0.212 e. The zero-order valence-electron chi connectivity index (χ0n) is 11.1. The first-order valence-electron chi connectivity index (χ1n) is 6.18. The number of pyridine rings is 1. The Labute approximate surface area is 104 Å². The Morgan fingerprint density at radius 3 is 2.41 bits per heavy atom. The highest BCUT2D eigenvalue weighted by molar-refractivity contribution is 5.62. The fourth-order valence-electron chi connectivity index (χ4n) is 2.18. The molecule has 17 heavy (non-hydrogen) atoms. The van der Waals surface area contributed by atoms with Gasteiger partial charge in [0.15, 0.2) is 6.20 Å². The summed E-state index contributed by atoms with van der Waals surface area (Å²) in [6, 6.07) is 11.1. The van der Waals surface area contributed by atoms with Crippen molar-refractivity contribution in [2.24, 2.45) is 7.05 Å². The quantitative estimate of drug-likeness (QED) is 0.691. The normalized spacial score (nSPS) is 10.6. The summed E-state index contributed by atoms with van der Waals surface area (Å²) in [5.74, 6) is 0. The summed E-state index contributed by atoms with van der Waals surface area (Å²) in [4.78, 5) is 0. The highest BCUT2D eigenvalue weighted by Crippen LogP contribution is 2.23. The maximum atomic E-state index is 2.29. The van der Waals surface area contributed by atoms with E-state index in [0.29, 0.717) is 0 Å². The molecule has 0 N–H and O–H groups in total. The molecule has 2 rings (SSSR count). The summed E-state index contributed by atoms with van der Waals surface area (Å²) in [6.45, 7) is 6.51. The van der Waals surface area contributed by atoms with Gasteiger partial charge in [-0.05, 0) is 37.5 Å². The molecule has 2 aromatic rings. The monoisotopic (exact) mass is 226 g/mol. The van der Waals surface area contributed by atoms with Crippen LogP contribution < -0.4 is 4.57 Å². The van der Waals surface area contributed by atoms with E-state index in [1.165, 1.54) is 27.9 Å². The molecule has 1 aromatic heterocycles. The van der Waals surface area contributed by atoms with E-state index in [2.05, 4.69) is 68.9 Å². The number of benzene rings is 1. The van der Waals surface area contributed by atoms with Crippen molar-refractivity contribution in [3.05, 3.63) is 53.2 Å². The zero-order chi connectivity index (χ0) is 12.4. The van der Waals surface area contributed by atoms with Crippen molar-refractivity contribution in [2.45, 2.75) is 27.2 Å². The first kappa shape index (κ1) is 11.8. The molecule has 0 spiro atoms. The first-order chi connectivity index (χ1) is 8.11. The van der Waals surface area contributed by atoms with Crippen LogP contribution >= 0.6 is 0 Å². The Balaban J connectivity index is 2.66. The van der Waals surface area contributed by atoms with E-state index in [1.54, 1.807) is 0 Å². The van der Waals surface area contributed by atoms with E-state index in [9.17, 15) is 0 Å². The lowest BCUT2D eigenvalue weighted by Crippen LogP contribution is -2.30. The van der Waals surface area contributed by atoms with Gasteiger partial charge in [-0.25, -0.2) is 4.57 Å². The molecule has 0 bridgehead atoms. The Kier molecular flexibility index (Phi) is 3.28. The van der Waals surface area contributed by atoms with Crippen LogP contribution in [0.15, 0.2) is 36.5 Å². The van der Waals surface area contributed by atoms with E-state index in [1.807, 2.05) is 0 Å². The molecule has 0 radical (unpaired) electrons. The lowest BCUT2D eigenvalue weighted by Gasteiger charge is -2.08. The molecule has 0 fully saturated rings. The van der Waals surface area contributed by atoms with Gasteiger partial charge in [-0.15, -0.1) is 0 Å². The van der Waals surface area contributed by atoms with Gasteiger partial charge in [0.05, 0.1) is 0 Å². The second-order valence-corrected chi connectivity index (χ2v) is 4.71. The van der Waals surface area contributed by atoms with Crippen LogP contribution in [0, 0.1) is 13.8 Å². The van der Waals surface area contributed by atoms with Crippen molar-refractivity contribution in [1.82, 2.24) is 0 Å². The van der Waals surface area contributed by atoms with Crippen LogP contribution in [0.3, 0.4) is 0 Å². The van der Waals surface area contributed by atoms with Crippen molar-refractivity contribution in [1.29, 1.82) is 0 Å². The Morgan fingerprint density at radius 2 is 1.71 bits per heavy atom. The molecule has 0 aliphatic rings. The molecular weight excluding hydrogens is 206 g/mol. The largest absolute Gasteiger partial charge is 0.212 e. The molecule has 0 unspecified atom stereocenters. The fraction of sp³-hybridized carbons (Fsp3) is 0.312. The summed E-state index contributed by atoms with van der Waals surface area (Å²) in [7, 11) is 2.11. The highest BCUT2D eigenvalue weighted by Gasteiger charge is 2.13. The van der Waals surface area contributed by atoms with Crippen LogP contribution in [0.5, 0.6) is 0 Å². The lowest BCUT2D eigenvalue weighted by molar-refractivity contribution is -0.660. The van der Waals surface area contributed by atoms with Crippen LogP contribution in [0.2, 0.25) is 0 Å². The van der Waals surface area contributed by atoms with Gasteiger partial charge < -0.3 is 0 Å². The van der Waals surface area contributed by atoms with E-state index in [-0.39, 0.29) is 0 Å². The molecule has 1 aromatic carbocycles. The third-order valence-electron chi connectivity index (χ3n) is 3.23. The third kappa shape index (κ3) is 2.38. The average Bonchev–Trinajstić information content (AvgIpc) is 2.32. The smallest absolute Gasteiger partial charge is 0.201 e. The van der Waals surface area contributed by atoms with Crippen LogP contribution in [-0.4, -0.2) is 0 Å². The summed E-state index contributed by atoms with van der Waals surface area (Å²) >= 11 is 0. The molecular formula is C16H20N+. The Hall–Kier alpha value is -1.63. The lowest BCUT2D eigenvalue weighted by atomic mass is 9.98. The third-order valence-corrected chi connectivity index (χ3v) is 3.23. The second kappa shape index (κ2) is 4.70. The zero-order valence-corrected chi connectivity index (χ0v) is 11.1. The predicted molar refractivity (Wildman–Crippen MR) is 71.9 cm³/mol. The fourth-order valence-corrected chi connectivity index (χ4v) is 2.18. The van der Waals surface area contributed by atoms with Crippen LogP contribution in [-0.2, 0) is 13.5 Å². The minimum absolute atomic E-state index is 1.07. The topological polar surface area (TPSA) is 3.88 Å². The average molecular weight is 226 g/mol. The number of rotatable bonds is 2. The van der Waals surface area contributed by atoms with Crippen LogP contribution in [0.4, 0.5) is 0 Å². The van der Waals surface area contributed by atoms with Crippen molar-refractivity contribution < 1.29 is 4.57 Å².